The van der Waals surface area contributed by atoms with E-state index in [2.05, 4.69) is 0 Å². The van der Waals surface area contributed by atoms with Gasteiger partial charge in [0.05, 0.1) is 0 Å². The maximum absolute atomic E-state index is 12.8. The topological polar surface area (TPSA) is 57.6 Å². The molecule has 0 atom stereocenters. The second kappa shape index (κ2) is 6.50. The monoisotopic (exact) mass is 279 g/mol. The van der Waals surface area contributed by atoms with Crippen molar-refractivity contribution in [3.63, 3.8) is 0 Å². The highest BCUT2D eigenvalue weighted by Crippen LogP contribution is 2.29. The van der Waals surface area contributed by atoms with Crippen LogP contribution >= 0.6 is 0 Å². The van der Waals surface area contributed by atoms with Crippen LogP contribution in [0.1, 0.15) is 24.8 Å². The van der Waals surface area contributed by atoms with Crippen LogP contribution in [0.5, 0.6) is 0 Å². The summed E-state index contributed by atoms with van der Waals surface area (Å²) in [7, 11) is 0. The van der Waals surface area contributed by atoms with Gasteiger partial charge in [0, 0.05) is 13.0 Å². The van der Waals surface area contributed by atoms with Crippen LogP contribution in [-0.4, -0.2) is 35.0 Å². The highest BCUT2D eigenvalue weighted by atomic mass is 19.1. The zero-order chi connectivity index (χ0) is 14.5. The van der Waals surface area contributed by atoms with Crippen LogP contribution in [0, 0.1) is 11.7 Å². The average molecular weight is 279 g/mol. The smallest absolute Gasteiger partial charge is 0.323 e. The van der Waals surface area contributed by atoms with E-state index in [-0.39, 0.29) is 24.7 Å². The summed E-state index contributed by atoms with van der Waals surface area (Å²) in [5.74, 6) is -0.977. The fraction of sp³-hybridized carbons (Fsp3) is 0.467. The molecule has 0 spiro atoms. The molecule has 1 aliphatic rings. The van der Waals surface area contributed by atoms with Crippen molar-refractivity contribution in [2.24, 2.45) is 5.92 Å². The van der Waals surface area contributed by atoms with E-state index in [4.69, 9.17) is 5.11 Å². The van der Waals surface area contributed by atoms with Crippen molar-refractivity contribution in [3.8, 4) is 0 Å². The van der Waals surface area contributed by atoms with Crippen molar-refractivity contribution in [1.82, 2.24) is 4.90 Å². The number of aryl methyl sites for hydroxylation is 1. The Kier molecular flexibility index (Phi) is 4.71. The number of nitrogens with zero attached hydrogens (tertiary/aromatic N) is 1. The molecule has 1 amide bonds. The van der Waals surface area contributed by atoms with Gasteiger partial charge in [-0.3, -0.25) is 9.59 Å². The molecule has 5 heteroatoms. The second-order valence-electron chi connectivity index (χ2n) is 5.24. The van der Waals surface area contributed by atoms with E-state index in [0.717, 1.165) is 18.4 Å². The summed E-state index contributed by atoms with van der Waals surface area (Å²) in [6, 6.07) is 6.01. The van der Waals surface area contributed by atoms with Gasteiger partial charge >= 0.3 is 5.97 Å². The number of amides is 1. The van der Waals surface area contributed by atoms with Gasteiger partial charge in [-0.2, -0.15) is 0 Å². The lowest BCUT2D eigenvalue weighted by Gasteiger charge is -2.20. The molecule has 0 bridgehead atoms. The third kappa shape index (κ3) is 4.64. The molecule has 0 saturated heterocycles. The molecule has 0 heterocycles. The first-order valence-electron chi connectivity index (χ1n) is 6.78. The maximum Gasteiger partial charge on any atom is 0.323 e. The van der Waals surface area contributed by atoms with Crippen LogP contribution in [0.15, 0.2) is 24.3 Å². The molecule has 20 heavy (non-hydrogen) atoms. The molecule has 2 rings (SSSR count). The number of hydrogen-bond donors (Lipinski definition) is 1. The quantitative estimate of drug-likeness (QED) is 0.831. The standard InChI is InChI=1S/C15H18FNO3/c16-13-6-3-11(4-7-13)5-8-14(18)17(10-15(19)20)9-12-1-2-12/h3-4,6-7,12H,1-2,5,8-10H2,(H,19,20). The van der Waals surface area contributed by atoms with Gasteiger partial charge in [0.15, 0.2) is 0 Å². The third-order valence-electron chi connectivity index (χ3n) is 3.40. The molecule has 0 aliphatic heterocycles. The minimum absolute atomic E-state index is 0.149. The average Bonchev–Trinajstić information content (AvgIpc) is 3.20. The van der Waals surface area contributed by atoms with Gasteiger partial charge in [-0.05, 0) is 42.9 Å². The predicted molar refractivity (Wildman–Crippen MR) is 71.7 cm³/mol. The van der Waals surface area contributed by atoms with Gasteiger partial charge < -0.3 is 10.0 Å². The Morgan fingerprint density at radius 1 is 1.25 bits per heavy atom. The molecule has 1 saturated carbocycles. The normalized spacial score (nSPS) is 14.1. The number of hydrogen-bond acceptors (Lipinski definition) is 2. The van der Waals surface area contributed by atoms with Gasteiger partial charge in [0.1, 0.15) is 12.4 Å². The van der Waals surface area contributed by atoms with Crippen LogP contribution < -0.4 is 0 Å². The lowest BCUT2D eigenvalue weighted by atomic mass is 10.1. The third-order valence-corrected chi connectivity index (χ3v) is 3.40. The zero-order valence-corrected chi connectivity index (χ0v) is 11.2. The highest BCUT2D eigenvalue weighted by Gasteiger charge is 2.27. The van der Waals surface area contributed by atoms with Crippen molar-refractivity contribution in [2.75, 3.05) is 13.1 Å². The molecule has 0 aromatic heterocycles. The van der Waals surface area contributed by atoms with Gasteiger partial charge in [0.2, 0.25) is 5.91 Å². The summed E-state index contributed by atoms with van der Waals surface area (Å²) in [6.07, 6.45) is 2.90. The molecular formula is C15H18FNO3. The van der Waals surface area contributed by atoms with Crippen LogP contribution in [0.4, 0.5) is 4.39 Å². The Balaban J connectivity index is 1.86. The van der Waals surface area contributed by atoms with Crippen molar-refractivity contribution >= 4 is 11.9 Å². The summed E-state index contributed by atoms with van der Waals surface area (Å²) >= 11 is 0. The number of aliphatic carboxylic acids is 1. The number of benzene rings is 1. The molecule has 4 nitrogen and oxygen atoms in total. The minimum atomic E-state index is -0.985. The van der Waals surface area contributed by atoms with Gasteiger partial charge in [-0.1, -0.05) is 12.1 Å². The summed E-state index contributed by atoms with van der Waals surface area (Å²) in [6.45, 7) is 0.299. The molecular weight excluding hydrogens is 261 g/mol. The summed E-state index contributed by atoms with van der Waals surface area (Å²) in [5, 5.41) is 8.85. The van der Waals surface area contributed by atoms with E-state index < -0.39 is 5.97 Å². The first-order chi connectivity index (χ1) is 9.54. The van der Waals surface area contributed by atoms with E-state index in [1.807, 2.05) is 0 Å². The lowest BCUT2D eigenvalue weighted by molar-refractivity contribution is -0.144. The maximum atomic E-state index is 12.8. The molecule has 108 valence electrons. The zero-order valence-electron chi connectivity index (χ0n) is 11.2. The fourth-order valence-electron chi connectivity index (χ4n) is 2.09. The minimum Gasteiger partial charge on any atom is -0.480 e. The number of rotatable bonds is 7. The Bertz CT molecular complexity index is 482. The highest BCUT2D eigenvalue weighted by molar-refractivity contribution is 5.81. The first-order valence-corrected chi connectivity index (χ1v) is 6.78. The SMILES string of the molecule is O=C(O)CN(CC1CC1)C(=O)CCc1ccc(F)cc1. The number of carboxylic acid groups (broad SMARTS) is 1. The number of carbonyl (C=O) groups is 2. The van der Waals surface area contributed by atoms with Crippen molar-refractivity contribution in [1.29, 1.82) is 0 Å². The van der Waals surface area contributed by atoms with E-state index in [1.54, 1.807) is 12.1 Å². The number of carboxylic acids is 1. The Labute approximate surface area is 117 Å². The first kappa shape index (κ1) is 14.5. The Hall–Kier alpha value is -1.91. The van der Waals surface area contributed by atoms with Gasteiger partial charge in [-0.25, -0.2) is 4.39 Å². The fourth-order valence-corrected chi connectivity index (χ4v) is 2.09. The van der Waals surface area contributed by atoms with Gasteiger partial charge in [0.25, 0.3) is 0 Å². The molecule has 1 aromatic rings. The van der Waals surface area contributed by atoms with E-state index >= 15 is 0 Å². The molecule has 1 N–H and O–H groups in total. The Morgan fingerprint density at radius 2 is 1.90 bits per heavy atom. The summed E-state index contributed by atoms with van der Waals surface area (Å²) < 4.78 is 12.8. The predicted octanol–water partition coefficient (Wildman–Crippen LogP) is 2.08. The van der Waals surface area contributed by atoms with Crippen molar-refractivity contribution in [3.05, 3.63) is 35.6 Å². The Morgan fingerprint density at radius 3 is 2.45 bits per heavy atom. The van der Waals surface area contributed by atoms with E-state index in [0.29, 0.717) is 18.9 Å². The van der Waals surface area contributed by atoms with Crippen LogP contribution in [0.2, 0.25) is 0 Å². The molecule has 0 radical (unpaired) electrons. The largest absolute Gasteiger partial charge is 0.480 e. The number of carbonyl (C=O) groups excluding carboxylic acids is 1. The van der Waals surface area contributed by atoms with Gasteiger partial charge in [-0.15, -0.1) is 0 Å². The van der Waals surface area contributed by atoms with Crippen LogP contribution in [-0.2, 0) is 16.0 Å². The van der Waals surface area contributed by atoms with E-state index in [9.17, 15) is 14.0 Å². The lowest BCUT2D eigenvalue weighted by Crippen LogP contribution is -2.37. The van der Waals surface area contributed by atoms with E-state index in [1.165, 1.54) is 17.0 Å². The van der Waals surface area contributed by atoms with Crippen molar-refractivity contribution in [2.45, 2.75) is 25.7 Å². The molecule has 1 aliphatic carbocycles. The second-order valence-corrected chi connectivity index (χ2v) is 5.24. The van der Waals surface area contributed by atoms with Crippen molar-refractivity contribution < 1.29 is 19.1 Å². The number of halogens is 1. The summed E-state index contributed by atoms with van der Waals surface area (Å²) in [5.41, 5.74) is 0.876. The van der Waals surface area contributed by atoms with Crippen LogP contribution in [0.25, 0.3) is 0 Å². The van der Waals surface area contributed by atoms with Crippen LogP contribution in [0.3, 0.4) is 0 Å². The summed E-state index contributed by atoms with van der Waals surface area (Å²) in [4.78, 5) is 24.3. The molecule has 1 fully saturated rings. The molecule has 0 unspecified atom stereocenters. The molecule has 1 aromatic carbocycles.